The Hall–Kier alpha value is -1.36. The first-order valence-electron chi connectivity index (χ1n) is 8.96. The third kappa shape index (κ3) is 2.87. The zero-order valence-electron chi connectivity index (χ0n) is 14.1. The third-order valence-corrected chi connectivity index (χ3v) is 6.44. The second kappa shape index (κ2) is 6.87. The Kier molecular flexibility index (Phi) is 4.61. The molecule has 2 fully saturated rings. The van der Waals surface area contributed by atoms with Crippen LogP contribution in [0.1, 0.15) is 43.5 Å². The van der Waals surface area contributed by atoms with Crippen LogP contribution >= 0.6 is 11.3 Å². The number of aliphatic hydroxyl groups excluding tert-OH is 1. The molecule has 0 bridgehead atoms. The van der Waals surface area contributed by atoms with Crippen LogP contribution in [-0.4, -0.2) is 23.9 Å². The van der Waals surface area contributed by atoms with Crippen molar-refractivity contribution in [2.75, 3.05) is 6.61 Å². The van der Waals surface area contributed by atoms with Crippen molar-refractivity contribution in [3.63, 3.8) is 0 Å². The number of hydrogen-bond acceptors (Lipinski definition) is 4. The number of piperidine rings is 1. The largest absolute Gasteiger partial charge is 0.394 e. The van der Waals surface area contributed by atoms with Crippen LogP contribution in [0.5, 0.6) is 0 Å². The lowest BCUT2D eigenvalue weighted by atomic mass is 9.77. The van der Waals surface area contributed by atoms with E-state index in [1.165, 1.54) is 21.7 Å². The normalized spacial score (nSPS) is 32.5. The molecule has 2 saturated heterocycles. The summed E-state index contributed by atoms with van der Waals surface area (Å²) in [4.78, 5) is 1.37. The van der Waals surface area contributed by atoms with Crippen molar-refractivity contribution in [2.45, 2.75) is 50.9 Å². The van der Waals surface area contributed by atoms with Gasteiger partial charge in [-0.2, -0.15) is 0 Å². The first kappa shape index (κ1) is 16.1. The van der Waals surface area contributed by atoms with Gasteiger partial charge in [-0.15, -0.1) is 11.3 Å². The Morgan fingerprint density at radius 2 is 2.25 bits per heavy atom. The Labute approximate surface area is 147 Å². The van der Waals surface area contributed by atoms with Gasteiger partial charge in [0.1, 0.15) is 0 Å². The van der Waals surface area contributed by atoms with Crippen molar-refractivity contribution in [3.8, 4) is 0 Å². The average molecular weight is 343 g/mol. The predicted octanol–water partition coefficient (Wildman–Crippen LogP) is 4.10. The number of allylic oxidation sites excluding steroid dienone is 4. The van der Waals surface area contributed by atoms with Crippen LogP contribution in [0.4, 0.5) is 0 Å². The SMILES string of the molecule is CCC1=CC=C2N[C@@H](c3cccs3)C3CCC(CO)OC3C2=CC1. The van der Waals surface area contributed by atoms with Gasteiger partial charge in [-0.1, -0.05) is 30.7 Å². The van der Waals surface area contributed by atoms with Crippen LogP contribution < -0.4 is 5.32 Å². The zero-order valence-corrected chi connectivity index (χ0v) is 14.9. The molecular weight excluding hydrogens is 318 g/mol. The van der Waals surface area contributed by atoms with Crippen molar-refractivity contribution < 1.29 is 9.84 Å². The number of aliphatic hydroxyl groups is 1. The first-order chi connectivity index (χ1) is 11.8. The minimum Gasteiger partial charge on any atom is -0.394 e. The number of fused-ring (bicyclic) bond motifs is 3. The van der Waals surface area contributed by atoms with Crippen LogP contribution in [0.2, 0.25) is 0 Å². The van der Waals surface area contributed by atoms with E-state index in [2.05, 4.69) is 48.0 Å². The molecule has 0 spiro atoms. The zero-order chi connectivity index (χ0) is 16.5. The van der Waals surface area contributed by atoms with Crippen LogP contribution in [0.25, 0.3) is 0 Å². The van der Waals surface area contributed by atoms with Gasteiger partial charge in [-0.25, -0.2) is 0 Å². The second-order valence-electron chi connectivity index (χ2n) is 6.86. The summed E-state index contributed by atoms with van der Waals surface area (Å²) in [6.07, 6.45) is 11.0. The van der Waals surface area contributed by atoms with Gasteiger partial charge in [0.25, 0.3) is 0 Å². The smallest absolute Gasteiger partial charge is 0.0898 e. The van der Waals surface area contributed by atoms with Gasteiger partial charge in [-0.05, 0) is 43.2 Å². The van der Waals surface area contributed by atoms with Gasteiger partial charge in [0, 0.05) is 22.1 Å². The molecule has 4 rings (SSSR count). The van der Waals surface area contributed by atoms with Gasteiger partial charge in [0.2, 0.25) is 0 Å². The monoisotopic (exact) mass is 343 g/mol. The fraction of sp³-hybridized carbons (Fsp3) is 0.500. The lowest BCUT2D eigenvalue weighted by molar-refractivity contribution is -0.0959. The van der Waals surface area contributed by atoms with Crippen LogP contribution in [0.3, 0.4) is 0 Å². The molecular formula is C20H25NO2S. The second-order valence-corrected chi connectivity index (χ2v) is 7.84. The fourth-order valence-electron chi connectivity index (χ4n) is 4.09. The highest BCUT2D eigenvalue weighted by molar-refractivity contribution is 7.10. The molecule has 1 aromatic rings. The van der Waals surface area contributed by atoms with Crippen molar-refractivity contribution in [1.82, 2.24) is 5.32 Å². The number of hydrogen-bond donors (Lipinski definition) is 2. The summed E-state index contributed by atoms with van der Waals surface area (Å²) in [5, 5.41) is 15.5. The molecule has 3 unspecified atom stereocenters. The molecule has 24 heavy (non-hydrogen) atoms. The number of nitrogens with one attached hydrogen (secondary N) is 1. The van der Waals surface area contributed by atoms with Crippen LogP contribution in [0.15, 0.2) is 52.6 Å². The van der Waals surface area contributed by atoms with Gasteiger partial charge in [-0.3, -0.25) is 0 Å². The molecule has 4 atom stereocenters. The molecule has 0 saturated carbocycles. The van der Waals surface area contributed by atoms with Gasteiger partial charge in [0.15, 0.2) is 0 Å². The molecule has 1 aliphatic carbocycles. The molecule has 0 radical (unpaired) electrons. The Morgan fingerprint density at radius 1 is 1.33 bits per heavy atom. The Morgan fingerprint density at radius 3 is 3.00 bits per heavy atom. The van der Waals surface area contributed by atoms with Gasteiger partial charge >= 0.3 is 0 Å². The molecule has 3 aliphatic rings. The first-order valence-corrected chi connectivity index (χ1v) is 9.84. The van der Waals surface area contributed by atoms with Crippen molar-refractivity contribution in [1.29, 1.82) is 0 Å². The maximum absolute atomic E-state index is 9.58. The van der Waals surface area contributed by atoms with E-state index in [-0.39, 0.29) is 18.8 Å². The van der Waals surface area contributed by atoms with Crippen LogP contribution in [-0.2, 0) is 4.74 Å². The van der Waals surface area contributed by atoms with Gasteiger partial charge < -0.3 is 15.2 Å². The number of thiophene rings is 1. The van der Waals surface area contributed by atoms with E-state index in [9.17, 15) is 5.11 Å². The molecule has 2 aliphatic heterocycles. The molecule has 1 aromatic heterocycles. The molecule has 4 heteroatoms. The van der Waals surface area contributed by atoms with Crippen molar-refractivity contribution in [2.24, 2.45) is 5.92 Å². The third-order valence-electron chi connectivity index (χ3n) is 5.48. The summed E-state index contributed by atoms with van der Waals surface area (Å²) < 4.78 is 6.34. The lowest BCUT2D eigenvalue weighted by Gasteiger charge is -2.46. The summed E-state index contributed by atoms with van der Waals surface area (Å²) >= 11 is 1.81. The maximum atomic E-state index is 9.58. The lowest BCUT2D eigenvalue weighted by Crippen LogP contribution is -2.49. The van der Waals surface area contributed by atoms with E-state index in [4.69, 9.17) is 4.74 Å². The van der Waals surface area contributed by atoms with E-state index < -0.39 is 0 Å². The minimum absolute atomic E-state index is 0.0302. The number of ether oxygens (including phenoxy) is 1. The van der Waals surface area contributed by atoms with E-state index >= 15 is 0 Å². The summed E-state index contributed by atoms with van der Waals surface area (Å²) in [5.41, 5.74) is 3.92. The molecule has 0 aromatic carbocycles. The molecule has 128 valence electrons. The maximum Gasteiger partial charge on any atom is 0.0898 e. The van der Waals surface area contributed by atoms with E-state index in [1.807, 2.05) is 11.3 Å². The van der Waals surface area contributed by atoms with Crippen LogP contribution in [0, 0.1) is 5.92 Å². The quantitative estimate of drug-likeness (QED) is 0.868. The topological polar surface area (TPSA) is 41.5 Å². The Balaban J connectivity index is 1.71. The highest BCUT2D eigenvalue weighted by atomic mass is 32.1. The predicted molar refractivity (Wildman–Crippen MR) is 97.8 cm³/mol. The molecule has 3 heterocycles. The fourth-order valence-corrected chi connectivity index (χ4v) is 4.94. The van der Waals surface area contributed by atoms with Gasteiger partial charge in [0.05, 0.1) is 24.9 Å². The van der Waals surface area contributed by atoms with Crippen molar-refractivity contribution >= 4 is 11.3 Å². The molecule has 0 amide bonds. The summed E-state index contributed by atoms with van der Waals surface area (Å²) in [6, 6.07) is 4.64. The molecule has 2 N–H and O–H groups in total. The minimum atomic E-state index is -0.0302. The molecule has 3 nitrogen and oxygen atoms in total. The summed E-state index contributed by atoms with van der Waals surface area (Å²) in [7, 11) is 0. The summed E-state index contributed by atoms with van der Waals surface area (Å²) in [6.45, 7) is 2.33. The van der Waals surface area contributed by atoms with E-state index in [0.29, 0.717) is 12.0 Å². The van der Waals surface area contributed by atoms with Crippen molar-refractivity contribution in [3.05, 3.63) is 57.5 Å². The summed E-state index contributed by atoms with van der Waals surface area (Å²) in [5.74, 6) is 0.429. The highest BCUT2D eigenvalue weighted by Crippen LogP contribution is 2.45. The number of rotatable bonds is 3. The average Bonchev–Trinajstić information content (AvgIpc) is 3.07. The van der Waals surface area contributed by atoms with E-state index in [0.717, 1.165) is 25.7 Å². The standard InChI is InChI=1S/C20H25NO2S/c1-2-13-5-8-15-17(10-6-13)21-19(18-4-3-11-24-18)16-9-7-14(12-22)23-20(15)16/h3-4,6,8,10-11,14,16,19-22H,2,5,7,9,12H2,1H3/t14?,16?,19-,20?/m1/s1. The highest BCUT2D eigenvalue weighted by Gasteiger charge is 2.43. The van der Waals surface area contributed by atoms with E-state index in [1.54, 1.807) is 0 Å². The Bertz CT molecular complexity index is 674.